The molecule has 0 saturated heterocycles. The number of carbonyl (C=O) groups excluding carboxylic acids is 1. The molecule has 5 aromatic carbocycles. The lowest BCUT2D eigenvalue weighted by molar-refractivity contribution is 0.0885. The van der Waals surface area contributed by atoms with Crippen LogP contribution in [0.5, 0.6) is 0 Å². The van der Waals surface area contributed by atoms with Crippen molar-refractivity contribution in [2.75, 3.05) is 11.9 Å². The number of anilines is 1. The van der Waals surface area contributed by atoms with Gasteiger partial charge in [-0.2, -0.15) is 0 Å². The number of hydrogen-bond donors (Lipinski definition) is 0. The van der Waals surface area contributed by atoms with Crippen molar-refractivity contribution >= 4 is 56.6 Å². The molecule has 2 aliphatic rings. The third kappa shape index (κ3) is 4.19. The molecule has 1 aliphatic carbocycles. The summed E-state index contributed by atoms with van der Waals surface area (Å²) >= 11 is 12.6. The molecule has 0 fully saturated rings. The number of benzene rings is 5. The zero-order valence-electron chi connectivity index (χ0n) is 24.3. The van der Waals surface area contributed by atoms with Crippen LogP contribution in [0.15, 0.2) is 127 Å². The molecule has 0 bridgehead atoms. The summed E-state index contributed by atoms with van der Waals surface area (Å²) in [6, 6.07) is 38.6. The molecule has 1 spiro atoms. The first-order valence-corrected chi connectivity index (χ1v) is 15.3. The van der Waals surface area contributed by atoms with Gasteiger partial charge < -0.3 is 4.90 Å². The molecule has 0 aromatic heterocycles. The lowest BCUT2D eigenvalue weighted by Crippen LogP contribution is -2.61. The molecule has 4 heteroatoms. The van der Waals surface area contributed by atoms with Crippen molar-refractivity contribution < 1.29 is 4.79 Å². The molecule has 1 aliphatic heterocycles. The summed E-state index contributed by atoms with van der Waals surface area (Å²) in [5.41, 5.74) is 5.96. The maximum absolute atomic E-state index is 15.0. The zero-order valence-corrected chi connectivity index (χ0v) is 25.8. The highest BCUT2D eigenvalue weighted by Gasteiger charge is 2.62. The molecule has 212 valence electrons. The lowest BCUT2D eigenvalue weighted by Gasteiger charge is -2.52. The highest BCUT2D eigenvalue weighted by Crippen LogP contribution is 2.61. The van der Waals surface area contributed by atoms with Gasteiger partial charge in [-0.1, -0.05) is 116 Å². The molecular formula is C39H31Cl2NO. The average molecular weight is 601 g/mol. The molecule has 0 unspecified atom stereocenters. The fourth-order valence-electron chi connectivity index (χ4n) is 7.43. The monoisotopic (exact) mass is 599 g/mol. The van der Waals surface area contributed by atoms with Crippen LogP contribution in [0, 0.1) is 5.92 Å². The lowest BCUT2D eigenvalue weighted by atomic mass is 9.57. The van der Waals surface area contributed by atoms with Crippen molar-refractivity contribution in [3.63, 3.8) is 0 Å². The largest absolute Gasteiger partial charge is 0.363 e. The maximum Gasteiger partial charge on any atom is 0.173 e. The predicted molar refractivity (Wildman–Crippen MR) is 181 cm³/mol. The van der Waals surface area contributed by atoms with Gasteiger partial charge >= 0.3 is 0 Å². The van der Waals surface area contributed by atoms with Crippen molar-refractivity contribution in [2.24, 2.45) is 5.92 Å². The second kappa shape index (κ2) is 10.3. The van der Waals surface area contributed by atoms with Crippen LogP contribution < -0.4 is 4.90 Å². The number of halogens is 2. The van der Waals surface area contributed by atoms with Gasteiger partial charge in [-0.25, -0.2) is 0 Å². The van der Waals surface area contributed by atoms with E-state index in [0.717, 1.165) is 28.0 Å². The number of fused-ring (bicyclic) bond motifs is 3. The number of hydrogen-bond acceptors (Lipinski definition) is 2. The van der Waals surface area contributed by atoms with E-state index >= 15 is 4.79 Å². The first-order chi connectivity index (χ1) is 20.7. The minimum absolute atomic E-state index is 0.0650. The van der Waals surface area contributed by atoms with Crippen molar-refractivity contribution in [1.29, 1.82) is 0 Å². The van der Waals surface area contributed by atoms with Crippen LogP contribution in [-0.2, 0) is 5.41 Å². The van der Waals surface area contributed by atoms with E-state index < -0.39 is 16.9 Å². The van der Waals surface area contributed by atoms with Gasteiger partial charge in [-0.05, 0) is 81.8 Å². The quantitative estimate of drug-likeness (QED) is 0.191. The van der Waals surface area contributed by atoms with E-state index in [0.29, 0.717) is 15.6 Å². The molecule has 43 heavy (non-hydrogen) atoms. The zero-order chi connectivity index (χ0) is 29.9. The van der Waals surface area contributed by atoms with Gasteiger partial charge in [0.2, 0.25) is 0 Å². The number of nitrogens with zero attached hydrogens (tertiary/aromatic N) is 1. The van der Waals surface area contributed by atoms with Crippen molar-refractivity contribution in [3.05, 3.63) is 160 Å². The van der Waals surface area contributed by atoms with Crippen LogP contribution in [0.25, 0.3) is 21.9 Å². The second-order valence-electron chi connectivity index (χ2n) is 12.1. The molecular weight excluding hydrogens is 569 g/mol. The first-order valence-electron chi connectivity index (χ1n) is 14.5. The third-order valence-electron chi connectivity index (χ3n) is 9.58. The van der Waals surface area contributed by atoms with E-state index in [4.69, 9.17) is 23.2 Å². The van der Waals surface area contributed by atoms with Gasteiger partial charge in [-0.3, -0.25) is 4.79 Å². The van der Waals surface area contributed by atoms with Gasteiger partial charge in [0.15, 0.2) is 5.78 Å². The minimum Gasteiger partial charge on any atom is -0.363 e. The molecule has 0 amide bonds. The van der Waals surface area contributed by atoms with E-state index in [1.54, 1.807) is 12.1 Å². The van der Waals surface area contributed by atoms with E-state index in [-0.39, 0.29) is 5.78 Å². The molecule has 1 heterocycles. The van der Waals surface area contributed by atoms with Crippen LogP contribution in [0.2, 0.25) is 10.0 Å². The summed E-state index contributed by atoms with van der Waals surface area (Å²) in [5.74, 6) is -0.450. The van der Waals surface area contributed by atoms with E-state index in [9.17, 15) is 0 Å². The second-order valence-corrected chi connectivity index (χ2v) is 12.9. The van der Waals surface area contributed by atoms with Crippen LogP contribution in [-0.4, -0.2) is 18.4 Å². The van der Waals surface area contributed by atoms with Crippen molar-refractivity contribution in [3.8, 4) is 0 Å². The van der Waals surface area contributed by atoms with E-state index in [1.165, 1.54) is 16.3 Å². The number of Topliss-reactive ketones (excluding diaryl/α,β-unsaturated/α-hetero) is 1. The smallest absolute Gasteiger partial charge is 0.173 e. The Kier molecular flexibility index (Phi) is 6.61. The van der Waals surface area contributed by atoms with Crippen LogP contribution >= 0.6 is 23.2 Å². The number of carbonyl (C=O) groups is 1. The maximum atomic E-state index is 15.0. The Morgan fingerprint density at radius 1 is 0.721 bits per heavy atom. The van der Waals surface area contributed by atoms with Crippen molar-refractivity contribution in [1.82, 2.24) is 0 Å². The summed E-state index contributed by atoms with van der Waals surface area (Å²) < 4.78 is 0. The Morgan fingerprint density at radius 3 is 2.05 bits per heavy atom. The standard InChI is InChI=1S/C39H31Cl2NO/c1-38(2)34-22-17-27-11-7-8-12-32(27)36(34)42(3)39(38)24-29(25-13-18-30(40)19-14-25)23-33(26-9-5-4-6-10-26)35(39)37(43)28-15-20-31(41)21-16-28/h4-24,35H,1-3H3/t35-,39-/m0/s1. The Hall–Kier alpha value is -4.11. The SMILES string of the molecule is CN1c2c(ccc3ccccc23)C(C)(C)[C@@]12C=C(c1ccc(Cl)cc1)C=C(c1ccccc1)[C@H]2C(=O)c1ccc(Cl)cc1. The Labute approximate surface area is 262 Å². The summed E-state index contributed by atoms with van der Waals surface area (Å²) in [7, 11) is 2.16. The van der Waals surface area contributed by atoms with Gasteiger partial charge in [0.25, 0.3) is 0 Å². The molecule has 2 atom stereocenters. The van der Waals surface area contributed by atoms with Crippen LogP contribution in [0.4, 0.5) is 5.69 Å². The third-order valence-corrected chi connectivity index (χ3v) is 10.1. The summed E-state index contributed by atoms with van der Waals surface area (Å²) in [5, 5.41) is 3.66. The summed E-state index contributed by atoms with van der Waals surface area (Å²) in [6.45, 7) is 4.58. The van der Waals surface area contributed by atoms with Crippen molar-refractivity contribution in [2.45, 2.75) is 24.8 Å². The summed E-state index contributed by atoms with van der Waals surface area (Å²) in [6.07, 6.45) is 4.54. The van der Waals surface area contributed by atoms with E-state index in [2.05, 4.69) is 98.6 Å². The highest BCUT2D eigenvalue weighted by atomic mass is 35.5. The van der Waals surface area contributed by atoms with E-state index in [1.807, 2.05) is 42.5 Å². The highest BCUT2D eigenvalue weighted by molar-refractivity contribution is 6.31. The normalized spacial score (nSPS) is 20.6. The van der Waals surface area contributed by atoms with Gasteiger partial charge in [0, 0.05) is 39.1 Å². The minimum atomic E-state index is -0.745. The van der Waals surface area contributed by atoms with Gasteiger partial charge in [-0.15, -0.1) is 0 Å². The molecule has 0 saturated carbocycles. The Morgan fingerprint density at radius 2 is 1.35 bits per heavy atom. The van der Waals surface area contributed by atoms with Crippen LogP contribution in [0.1, 0.15) is 40.9 Å². The molecule has 2 nitrogen and oxygen atoms in total. The molecule has 7 rings (SSSR count). The number of rotatable bonds is 4. The molecule has 5 aromatic rings. The Balaban J connectivity index is 1.57. The van der Waals surface area contributed by atoms with Gasteiger partial charge in [0.05, 0.1) is 11.5 Å². The number of likely N-dealkylation sites (N-methyl/N-ethyl adjacent to an activating group) is 1. The number of allylic oxidation sites excluding steroid dienone is 2. The van der Waals surface area contributed by atoms with Gasteiger partial charge in [0.1, 0.15) is 0 Å². The first kappa shape index (κ1) is 27.7. The topological polar surface area (TPSA) is 20.3 Å². The molecule has 0 radical (unpaired) electrons. The van der Waals surface area contributed by atoms with Crippen LogP contribution in [0.3, 0.4) is 0 Å². The fraction of sp³-hybridized carbons (Fsp3) is 0.154. The Bertz CT molecular complexity index is 1940. The average Bonchev–Trinajstić information content (AvgIpc) is 3.19. The summed E-state index contributed by atoms with van der Waals surface area (Å²) in [4.78, 5) is 17.4. The predicted octanol–water partition coefficient (Wildman–Crippen LogP) is 10.3. The molecule has 0 N–H and O–H groups in total. The number of ketones is 1. The fourth-order valence-corrected chi connectivity index (χ4v) is 7.69.